The lowest BCUT2D eigenvalue weighted by Gasteiger charge is -2.18. The smallest absolute Gasteiger partial charge is 0.201 e. The second-order valence-corrected chi connectivity index (χ2v) is 28.2. The summed E-state index contributed by atoms with van der Waals surface area (Å²) in [7, 11) is 7.93. The highest BCUT2D eigenvalue weighted by molar-refractivity contribution is 5.86. The van der Waals surface area contributed by atoms with Crippen LogP contribution in [0.3, 0.4) is 0 Å². The lowest BCUT2D eigenvalue weighted by atomic mass is 9.86. The Morgan fingerprint density at radius 1 is 0.200 bits per heavy atom. The first-order valence-corrected chi connectivity index (χ1v) is 34.5. The maximum Gasteiger partial charge on any atom is 0.213 e. The van der Waals surface area contributed by atoms with Gasteiger partial charge in [0.15, 0.2) is 24.8 Å². The summed E-state index contributed by atoms with van der Waals surface area (Å²) in [5, 5.41) is 0. The molecule has 0 unspecified atom stereocenters. The molecular weight excluding hydrogens is 1210 g/mol. The molecule has 12 aromatic rings. The molecular formula is C96H112N4+4. The van der Waals surface area contributed by atoms with Crippen LogP contribution in [0.2, 0.25) is 0 Å². The van der Waals surface area contributed by atoms with Crippen LogP contribution in [0.5, 0.6) is 0 Å². The lowest BCUT2D eigenvalue weighted by Crippen LogP contribution is -2.31. The number of nitrogens with zero attached hydrogens (tertiary/aromatic N) is 4. The van der Waals surface area contributed by atoms with E-state index < -0.39 is 34.3 Å². The second-order valence-electron chi connectivity index (χ2n) is 28.2. The maximum absolute atomic E-state index is 8.17. The monoisotopic (exact) mass is 1340 g/mol. The molecule has 512 valence electrons. The molecule has 0 bridgehead atoms. The largest absolute Gasteiger partial charge is 0.213 e. The Balaban J connectivity index is 0.000000177. The number of pyridine rings is 4. The van der Waals surface area contributed by atoms with Crippen LogP contribution >= 0.6 is 0 Å². The first-order chi connectivity index (χ1) is 53.2. The standard InChI is InChI=1S/4C24H28N/c2*1-15-8-10-21(17(3)12-15)23-18(4)13-19(5)24(20(23)6)22-11-9-16(2)14-25(22)7;2*1-15-8-9-21(17(3)12-15)23-18(4)14-19(5)24(20(23)6)22-13-16(2)10-11-25(22)7/h4*8-14H,1-7H3/q4*+1/i1D3,5D3;;1D3,2D3,5D3;. The molecule has 8 aromatic carbocycles. The van der Waals surface area contributed by atoms with Crippen molar-refractivity contribution in [1.29, 1.82) is 0 Å². The molecule has 4 aromatic heterocycles. The van der Waals surface area contributed by atoms with Gasteiger partial charge in [-0.1, -0.05) is 119 Å². The van der Waals surface area contributed by atoms with Gasteiger partial charge in [0.25, 0.3) is 0 Å². The summed E-state index contributed by atoms with van der Waals surface area (Å²) < 4.78 is 127. The Hall–Kier alpha value is -9.64. The molecule has 4 heteroatoms. The molecule has 0 saturated carbocycles. The number of rotatable bonds is 8. The van der Waals surface area contributed by atoms with E-state index in [4.69, 9.17) is 20.6 Å². The van der Waals surface area contributed by atoms with E-state index in [1.807, 2.05) is 84.5 Å². The van der Waals surface area contributed by atoms with Gasteiger partial charge in [0.2, 0.25) is 22.8 Å². The Morgan fingerprint density at radius 2 is 0.450 bits per heavy atom. The Labute approximate surface area is 623 Å². The van der Waals surface area contributed by atoms with E-state index in [0.29, 0.717) is 33.5 Å². The van der Waals surface area contributed by atoms with Crippen LogP contribution in [0.25, 0.3) is 89.5 Å². The third kappa shape index (κ3) is 15.8. The summed E-state index contributed by atoms with van der Waals surface area (Å²) in [5.74, 6) is 0. The Bertz CT molecular complexity index is 5670. The van der Waals surface area contributed by atoms with Gasteiger partial charge in [-0.15, -0.1) is 0 Å². The van der Waals surface area contributed by atoms with Crippen molar-refractivity contribution < 1.29 is 38.8 Å². The summed E-state index contributed by atoms with van der Waals surface area (Å²) in [5.41, 5.74) is 39.6. The zero-order valence-corrected chi connectivity index (χ0v) is 63.5. The minimum Gasteiger partial charge on any atom is -0.201 e. The van der Waals surface area contributed by atoms with Crippen molar-refractivity contribution in [2.45, 2.75) is 166 Å². The zero-order valence-electron chi connectivity index (χ0n) is 78.5. The van der Waals surface area contributed by atoms with E-state index >= 15 is 0 Å². The fraction of sp³-hybridized carbons (Fsp3) is 0.292. The van der Waals surface area contributed by atoms with Crippen LogP contribution in [0.1, 0.15) is 154 Å². The quantitative estimate of drug-likeness (QED) is 0.135. The van der Waals surface area contributed by atoms with E-state index in [-0.39, 0.29) is 16.7 Å². The molecule has 0 fully saturated rings. The molecule has 0 atom stereocenters. The average Bonchev–Trinajstić information content (AvgIpc) is 0.756. The van der Waals surface area contributed by atoms with Crippen LogP contribution in [-0.2, 0) is 28.2 Å². The van der Waals surface area contributed by atoms with E-state index in [1.54, 1.807) is 60.3 Å². The number of aromatic nitrogens is 4. The summed E-state index contributed by atoms with van der Waals surface area (Å²) in [6, 6.07) is 47.6. The minimum atomic E-state index is -2.42. The number of hydrogen-bond acceptors (Lipinski definition) is 0. The van der Waals surface area contributed by atoms with Crippen molar-refractivity contribution in [2.75, 3.05) is 0 Å². The van der Waals surface area contributed by atoms with Crippen molar-refractivity contribution in [3.05, 3.63) is 304 Å². The van der Waals surface area contributed by atoms with Crippen molar-refractivity contribution in [1.82, 2.24) is 0 Å². The summed E-state index contributed by atoms with van der Waals surface area (Å²) in [6.07, 6.45) is 7.95. The van der Waals surface area contributed by atoms with Crippen molar-refractivity contribution in [2.24, 2.45) is 28.2 Å². The Kier molecular flexibility index (Phi) is 17.3. The highest BCUT2D eigenvalue weighted by Crippen LogP contribution is 2.42. The molecule has 4 heterocycles. The first-order valence-electron chi connectivity index (χ1n) is 42.0. The van der Waals surface area contributed by atoms with E-state index in [9.17, 15) is 0 Å². The van der Waals surface area contributed by atoms with Gasteiger partial charge in [-0.05, 0) is 323 Å². The predicted molar refractivity (Wildman–Crippen MR) is 428 cm³/mol. The normalized spacial score (nSPS) is 13.8. The van der Waals surface area contributed by atoms with Crippen molar-refractivity contribution in [3.63, 3.8) is 0 Å². The topological polar surface area (TPSA) is 15.5 Å². The molecule has 0 N–H and O–H groups in total. The number of benzene rings is 8. The summed E-state index contributed by atoms with van der Waals surface area (Å²) in [4.78, 5) is 0. The van der Waals surface area contributed by atoms with E-state index in [1.165, 1.54) is 124 Å². The highest BCUT2D eigenvalue weighted by atomic mass is 14.9. The third-order valence-electron chi connectivity index (χ3n) is 19.8. The third-order valence-corrected chi connectivity index (χ3v) is 19.8. The van der Waals surface area contributed by atoms with Gasteiger partial charge >= 0.3 is 0 Å². The molecule has 0 aliphatic rings. The summed E-state index contributed by atoms with van der Waals surface area (Å²) >= 11 is 0. The molecule has 0 aliphatic carbocycles. The van der Waals surface area contributed by atoms with Crippen LogP contribution in [0.15, 0.2) is 170 Å². The van der Waals surface area contributed by atoms with Gasteiger partial charge in [-0.3, -0.25) is 0 Å². The fourth-order valence-electron chi connectivity index (χ4n) is 15.3. The molecule has 4 nitrogen and oxygen atoms in total. The average molecular weight is 1340 g/mol. The Morgan fingerprint density at radius 3 is 0.780 bits per heavy atom. The maximum atomic E-state index is 8.17. The number of aryl methyl sites for hydroxylation is 24. The molecule has 0 amide bonds. The van der Waals surface area contributed by atoms with Gasteiger partial charge in [0.05, 0.1) is 22.3 Å². The van der Waals surface area contributed by atoms with E-state index in [2.05, 4.69) is 192 Å². The van der Waals surface area contributed by atoms with Crippen molar-refractivity contribution >= 4 is 0 Å². The summed E-state index contributed by atoms with van der Waals surface area (Å²) in [6.45, 7) is 28.3. The molecule has 0 spiro atoms. The van der Waals surface area contributed by atoms with Crippen molar-refractivity contribution in [3.8, 4) is 89.5 Å². The first kappa shape index (κ1) is 56.1. The van der Waals surface area contributed by atoms with Gasteiger partial charge in [-0.25, -0.2) is 18.3 Å². The molecule has 100 heavy (non-hydrogen) atoms. The van der Waals surface area contributed by atoms with Crippen LogP contribution in [-0.4, -0.2) is 0 Å². The van der Waals surface area contributed by atoms with Crippen LogP contribution < -0.4 is 18.3 Å². The fourth-order valence-corrected chi connectivity index (χ4v) is 15.3. The van der Waals surface area contributed by atoms with Gasteiger partial charge in [-0.2, -0.15) is 0 Å². The van der Waals surface area contributed by atoms with Crippen LogP contribution in [0, 0.1) is 166 Å². The number of hydrogen-bond donors (Lipinski definition) is 0. The minimum absolute atomic E-state index is 0.122. The molecule has 12 rings (SSSR count). The molecule has 0 radical (unpaired) electrons. The van der Waals surface area contributed by atoms with Gasteiger partial charge in [0.1, 0.15) is 28.2 Å². The van der Waals surface area contributed by atoms with Crippen LogP contribution in [0.4, 0.5) is 0 Å². The second kappa shape index (κ2) is 30.9. The van der Waals surface area contributed by atoms with Gasteiger partial charge in [0, 0.05) is 68.1 Å². The van der Waals surface area contributed by atoms with Gasteiger partial charge < -0.3 is 0 Å². The predicted octanol–water partition coefficient (Wildman–Crippen LogP) is 22.8. The lowest BCUT2D eigenvalue weighted by molar-refractivity contribution is -0.660. The highest BCUT2D eigenvalue weighted by Gasteiger charge is 2.26. The molecule has 0 aliphatic heterocycles. The zero-order chi connectivity index (χ0) is 85.7. The molecule has 0 saturated heterocycles. The SMILES string of the molecule is Cc1ccc(-c2c(C)cc(C)c(-c3cc(C)cc[n+]3C)c2C)c(C)c1.Cc1ccc(-c2c(C)cc(C)c(-c3ccc(C)c[n+]3C)c2C)c(C)c1.[2H]C([2H])([2H])c1ccc(-c2c(C)cc(C([2H])([2H])[2H])c(-c3cc(C([2H])([2H])[2H])cc[n+]3C)c2C)c(C)c1.[2H]C([2H])([2H])c1ccc(-c2c(C)cc(C([2H])([2H])[2H])c(-c3ccc(C)c[n+]3C)c2C)c(C)c1. The van der Waals surface area contributed by atoms with E-state index in [0.717, 1.165) is 61.3 Å².